The SMILES string of the molecule is CCn1cc([C@]2(c3cccc(-c4cncnc4)c3)N[C@H](N)N(C)C2=O)cn1. The Hall–Kier alpha value is -3.10. The molecule has 27 heavy (non-hydrogen) atoms. The molecule has 8 nitrogen and oxygen atoms in total. The molecule has 3 N–H and O–H groups in total. The highest BCUT2D eigenvalue weighted by Crippen LogP contribution is 2.37. The van der Waals surface area contributed by atoms with E-state index in [2.05, 4.69) is 20.4 Å². The minimum atomic E-state index is -1.09. The second-order valence-electron chi connectivity index (χ2n) is 6.55. The molecule has 1 aromatic carbocycles. The third kappa shape index (κ3) is 2.70. The van der Waals surface area contributed by atoms with Crippen molar-refractivity contribution in [2.45, 2.75) is 25.3 Å². The molecule has 0 saturated carbocycles. The van der Waals surface area contributed by atoms with Gasteiger partial charge in [0.1, 0.15) is 12.6 Å². The van der Waals surface area contributed by atoms with Gasteiger partial charge >= 0.3 is 0 Å². The standard InChI is InChI=1S/C19H21N7O/c1-3-26-11-16(10-23-26)19(17(27)25(2)18(20)24-19)15-6-4-5-13(7-15)14-8-21-12-22-9-14/h4-12,18,24H,3,20H2,1-2H3/t18-,19-/m0/s1. The van der Waals surface area contributed by atoms with Crippen LogP contribution in [0.5, 0.6) is 0 Å². The van der Waals surface area contributed by atoms with Crippen LogP contribution in [0, 0.1) is 0 Å². The highest BCUT2D eigenvalue weighted by atomic mass is 16.2. The maximum atomic E-state index is 13.3. The van der Waals surface area contributed by atoms with Crippen LogP contribution in [0.2, 0.25) is 0 Å². The summed E-state index contributed by atoms with van der Waals surface area (Å²) >= 11 is 0. The maximum absolute atomic E-state index is 13.3. The summed E-state index contributed by atoms with van der Waals surface area (Å²) in [5.74, 6) is -0.118. The number of likely N-dealkylation sites (N-methyl/N-ethyl adjacent to an activating group) is 1. The van der Waals surface area contributed by atoms with Gasteiger partial charge in [-0.3, -0.25) is 20.5 Å². The van der Waals surface area contributed by atoms with E-state index >= 15 is 0 Å². The molecule has 2 aromatic heterocycles. The molecule has 0 aliphatic carbocycles. The molecule has 4 rings (SSSR count). The lowest BCUT2D eigenvalue weighted by molar-refractivity contribution is -0.131. The summed E-state index contributed by atoms with van der Waals surface area (Å²) in [6, 6.07) is 7.78. The number of hydrogen-bond donors (Lipinski definition) is 2. The van der Waals surface area contributed by atoms with Gasteiger partial charge in [-0.2, -0.15) is 5.10 Å². The fourth-order valence-corrected chi connectivity index (χ4v) is 3.46. The summed E-state index contributed by atoms with van der Waals surface area (Å²) in [6.45, 7) is 2.72. The summed E-state index contributed by atoms with van der Waals surface area (Å²) in [5, 5.41) is 7.65. The van der Waals surface area contributed by atoms with Gasteiger partial charge in [0.2, 0.25) is 0 Å². The second kappa shape index (κ2) is 6.57. The highest BCUT2D eigenvalue weighted by Gasteiger charge is 2.52. The van der Waals surface area contributed by atoms with Crippen LogP contribution in [0.1, 0.15) is 18.1 Å². The Morgan fingerprint density at radius 1 is 1.19 bits per heavy atom. The summed E-state index contributed by atoms with van der Waals surface area (Å²) in [6.07, 6.45) is 7.99. The van der Waals surface area contributed by atoms with Crippen molar-refractivity contribution in [2.75, 3.05) is 7.05 Å². The fraction of sp³-hybridized carbons (Fsp3) is 0.263. The Bertz CT molecular complexity index is 971. The Kier molecular flexibility index (Phi) is 4.21. The predicted octanol–water partition coefficient (Wildman–Crippen LogP) is 0.907. The van der Waals surface area contributed by atoms with E-state index < -0.39 is 11.8 Å². The predicted molar refractivity (Wildman–Crippen MR) is 100 cm³/mol. The lowest BCUT2D eigenvalue weighted by Crippen LogP contribution is -2.47. The number of carbonyl (C=O) groups is 1. The number of nitrogens with zero attached hydrogens (tertiary/aromatic N) is 5. The molecule has 2 atom stereocenters. The van der Waals surface area contributed by atoms with E-state index in [1.165, 1.54) is 11.2 Å². The van der Waals surface area contributed by atoms with Gasteiger partial charge in [0.05, 0.1) is 6.20 Å². The van der Waals surface area contributed by atoms with Crippen LogP contribution in [0.3, 0.4) is 0 Å². The van der Waals surface area contributed by atoms with Crippen LogP contribution in [0.25, 0.3) is 11.1 Å². The van der Waals surface area contributed by atoms with Crippen LogP contribution in [0.4, 0.5) is 0 Å². The molecule has 1 saturated heterocycles. The number of aryl methyl sites for hydroxylation is 1. The molecule has 3 aromatic rings. The van der Waals surface area contributed by atoms with Gasteiger partial charge in [-0.1, -0.05) is 18.2 Å². The van der Waals surface area contributed by atoms with Gasteiger partial charge in [0.25, 0.3) is 5.91 Å². The van der Waals surface area contributed by atoms with Crippen LogP contribution in [-0.4, -0.2) is 43.9 Å². The Morgan fingerprint density at radius 2 is 1.96 bits per heavy atom. The van der Waals surface area contributed by atoms with Crippen LogP contribution < -0.4 is 11.1 Å². The third-order valence-electron chi connectivity index (χ3n) is 5.00. The number of amides is 1. The lowest BCUT2D eigenvalue weighted by Gasteiger charge is -2.27. The monoisotopic (exact) mass is 363 g/mol. The normalized spacial score (nSPS) is 22.4. The van der Waals surface area contributed by atoms with Crippen LogP contribution in [0.15, 0.2) is 55.4 Å². The molecule has 138 valence electrons. The Labute approximate surface area is 157 Å². The first kappa shape index (κ1) is 17.3. The van der Waals surface area contributed by atoms with E-state index in [0.717, 1.165) is 22.3 Å². The summed E-state index contributed by atoms with van der Waals surface area (Å²) in [7, 11) is 1.70. The summed E-state index contributed by atoms with van der Waals surface area (Å²) < 4.78 is 1.80. The number of hydrogen-bond acceptors (Lipinski definition) is 6. The number of aromatic nitrogens is 4. The molecule has 0 bridgehead atoms. The van der Waals surface area contributed by atoms with E-state index in [1.807, 2.05) is 37.4 Å². The van der Waals surface area contributed by atoms with E-state index in [9.17, 15) is 4.79 Å². The molecular weight excluding hydrogens is 342 g/mol. The van der Waals surface area contributed by atoms with Crippen molar-refractivity contribution in [1.82, 2.24) is 30.0 Å². The number of nitrogens with two attached hydrogens (primary N) is 1. The van der Waals surface area contributed by atoms with Gasteiger partial charge in [0, 0.05) is 43.3 Å². The zero-order valence-corrected chi connectivity index (χ0v) is 15.2. The molecule has 1 aliphatic rings. The van der Waals surface area contributed by atoms with E-state index in [-0.39, 0.29) is 5.91 Å². The van der Waals surface area contributed by atoms with Gasteiger partial charge in [-0.25, -0.2) is 9.97 Å². The first-order valence-electron chi connectivity index (χ1n) is 8.75. The zero-order valence-electron chi connectivity index (χ0n) is 15.2. The Balaban J connectivity index is 1.89. The average Bonchev–Trinajstić information content (AvgIpc) is 3.28. The molecular formula is C19H21N7O. The molecule has 0 unspecified atom stereocenters. The van der Waals surface area contributed by atoms with Gasteiger partial charge in [-0.05, 0) is 24.1 Å². The molecule has 3 heterocycles. The third-order valence-corrected chi connectivity index (χ3v) is 5.00. The zero-order chi connectivity index (χ0) is 19.0. The topological polar surface area (TPSA) is 102 Å². The van der Waals surface area contributed by atoms with E-state index in [1.54, 1.807) is 30.3 Å². The average molecular weight is 363 g/mol. The first-order chi connectivity index (χ1) is 13.1. The van der Waals surface area contributed by atoms with Crippen molar-refractivity contribution >= 4 is 5.91 Å². The van der Waals surface area contributed by atoms with Crippen molar-refractivity contribution in [3.05, 3.63) is 66.5 Å². The van der Waals surface area contributed by atoms with Crippen LogP contribution in [-0.2, 0) is 16.9 Å². The quantitative estimate of drug-likeness (QED) is 0.714. The number of benzene rings is 1. The van der Waals surface area contributed by atoms with E-state index in [4.69, 9.17) is 5.73 Å². The minimum Gasteiger partial charge on any atom is -0.315 e. The molecule has 1 aliphatic heterocycles. The number of carbonyl (C=O) groups excluding carboxylic acids is 1. The lowest BCUT2D eigenvalue weighted by atomic mass is 9.83. The largest absolute Gasteiger partial charge is 0.315 e. The van der Waals surface area contributed by atoms with Gasteiger partial charge < -0.3 is 4.90 Å². The first-order valence-corrected chi connectivity index (χ1v) is 8.75. The highest BCUT2D eigenvalue weighted by molar-refractivity contribution is 5.94. The molecule has 1 fully saturated rings. The molecule has 8 heteroatoms. The number of rotatable bonds is 4. The maximum Gasteiger partial charge on any atom is 0.254 e. The van der Waals surface area contributed by atoms with Crippen molar-refractivity contribution < 1.29 is 4.79 Å². The molecule has 0 radical (unpaired) electrons. The van der Waals surface area contributed by atoms with Crippen molar-refractivity contribution in [2.24, 2.45) is 5.73 Å². The van der Waals surface area contributed by atoms with Gasteiger partial charge in [-0.15, -0.1) is 0 Å². The number of nitrogens with one attached hydrogen (secondary N) is 1. The van der Waals surface area contributed by atoms with Crippen molar-refractivity contribution in [3.63, 3.8) is 0 Å². The molecule has 1 amide bonds. The second-order valence-corrected chi connectivity index (χ2v) is 6.55. The smallest absolute Gasteiger partial charge is 0.254 e. The Morgan fingerprint density at radius 3 is 2.59 bits per heavy atom. The summed E-state index contributed by atoms with van der Waals surface area (Å²) in [5.41, 5.74) is 8.42. The van der Waals surface area contributed by atoms with Crippen molar-refractivity contribution in [3.8, 4) is 11.1 Å². The van der Waals surface area contributed by atoms with E-state index in [0.29, 0.717) is 6.54 Å². The van der Waals surface area contributed by atoms with Crippen LogP contribution >= 0.6 is 0 Å². The fourth-order valence-electron chi connectivity index (χ4n) is 3.46. The summed E-state index contributed by atoms with van der Waals surface area (Å²) in [4.78, 5) is 23.0. The minimum absolute atomic E-state index is 0.118. The van der Waals surface area contributed by atoms with Gasteiger partial charge in [0.15, 0.2) is 5.54 Å². The van der Waals surface area contributed by atoms with Crippen molar-refractivity contribution in [1.29, 1.82) is 0 Å². The molecule has 0 spiro atoms.